The monoisotopic (exact) mass is 284 g/mol. The zero-order valence-corrected chi connectivity index (χ0v) is 14.8. The molecule has 0 aliphatic heterocycles. The molecule has 0 bridgehead atoms. The van der Waals surface area contributed by atoms with Gasteiger partial charge in [-0.3, -0.25) is 0 Å². The Balaban J connectivity index is 2.96. The van der Waals surface area contributed by atoms with Gasteiger partial charge >= 0.3 is 0 Å². The predicted molar refractivity (Wildman–Crippen MR) is 92.6 cm³/mol. The van der Waals surface area contributed by atoms with Crippen LogP contribution in [0, 0.1) is 0 Å². The van der Waals surface area contributed by atoms with E-state index in [1.807, 2.05) is 0 Å². The molecule has 0 radical (unpaired) electrons. The van der Waals surface area contributed by atoms with Gasteiger partial charge in [-0.05, 0) is 19.8 Å². The van der Waals surface area contributed by atoms with E-state index in [2.05, 4.69) is 20.9 Å². The van der Waals surface area contributed by atoms with Gasteiger partial charge in [-0.25, -0.2) is 0 Å². The zero-order chi connectivity index (χ0) is 14.9. The molecule has 0 aromatic carbocycles. The highest BCUT2D eigenvalue weighted by Crippen LogP contribution is 2.12. The van der Waals surface area contributed by atoms with Crippen LogP contribution in [0.3, 0.4) is 0 Å². The minimum atomic E-state index is 1.28. The highest BCUT2D eigenvalue weighted by molar-refractivity contribution is 4.49. The largest absolute Gasteiger partial charge is 0.338 e. The molecule has 0 amide bonds. The molecule has 0 saturated carbocycles. The summed E-state index contributed by atoms with van der Waals surface area (Å²) in [5.41, 5.74) is 0. The van der Waals surface area contributed by atoms with E-state index in [9.17, 15) is 0 Å². The van der Waals surface area contributed by atoms with Crippen LogP contribution in [-0.4, -0.2) is 20.1 Å². The summed E-state index contributed by atoms with van der Waals surface area (Å²) in [4.78, 5) is 1.68. The van der Waals surface area contributed by atoms with Crippen LogP contribution < -0.4 is 4.90 Å². The lowest BCUT2D eigenvalue weighted by Gasteiger charge is -2.10. The molecular formula is C19H42N+. The minimum absolute atomic E-state index is 1.28. The fraction of sp³-hybridized carbons (Fsp3) is 1.00. The third kappa shape index (κ3) is 16.0. The van der Waals surface area contributed by atoms with Crippen LogP contribution in [0.15, 0.2) is 0 Å². The average Bonchev–Trinajstić information content (AvgIpc) is 2.47. The smallest absolute Gasteiger partial charge is 0.0768 e. The lowest BCUT2D eigenvalue weighted by Crippen LogP contribution is -3.08. The van der Waals surface area contributed by atoms with E-state index in [0.717, 1.165) is 0 Å². The van der Waals surface area contributed by atoms with Gasteiger partial charge in [0.05, 0.1) is 20.1 Å². The van der Waals surface area contributed by atoms with Crippen LogP contribution in [0.5, 0.6) is 0 Å². The maximum Gasteiger partial charge on any atom is 0.0768 e. The zero-order valence-electron chi connectivity index (χ0n) is 14.8. The Morgan fingerprint density at radius 1 is 0.500 bits per heavy atom. The molecular weight excluding hydrogens is 242 g/mol. The van der Waals surface area contributed by atoms with Crippen molar-refractivity contribution in [1.82, 2.24) is 0 Å². The fourth-order valence-corrected chi connectivity index (χ4v) is 2.80. The summed E-state index contributed by atoms with van der Waals surface area (Å²) >= 11 is 0. The van der Waals surface area contributed by atoms with Gasteiger partial charge in [0, 0.05) is 0 Å². The molecule has 1 atom stereocenters. The molecule has 1 unspecified atom stereocenters. The fourth-order valence-electron chi connectivity index (χ4n) is 2.80. The highest BCUT2D eigenvalue weighted by Gasteiger charge is 1.97. The Kier molecular flexibility index (Phi) is 17.0. The van der Waals surface area contributed by atoms with Gasteiger partial charge in [0.2, 0.25) is 0 Å². The third-order valence-corrected chi connectivity index (χ3v) is 4.56. The molecule has 0 spiro atoms. The summed E-state index contributed by atoms with van der Waals surface area (Å²) < 4.78 is 0. The van der Waals surface area contributed by atoms with E-state index in [1.54, 1.807) is 4.90 Å². The van der Waals surface area contributed by atoms with E-state index in [4.69, 9.17) is 0 Å². The van der Waals surface area contributed by atoms with Crippen molar-refractivity contribution in [2.45, 2.75) is 104 Å². The lowest BCUT2D eigenvalue weighted by atomic mass is 10.0. The van der Waals surface area contributed by atoms with E-state index >= 15 is 0 Å². The van der Waals surface area contributed by atoms with Crippen molar-refractivity contribution in [2.75, 3.05) is 20.1 Å². The minimum Gasteiger partial charge on any atom is -0.338 e. The van der Waals surface area contributed by atoms with E-state index in [0.29, 0.717) is 0 Å². The van der Waals surface area contributed by atoms with Crippen molar-refractivity contribution in [1.29, 1.82) is 0 Å². The molecule has 0 aliphatic rings. The summed E-state index contributed by atoms with van der Waals surface area (Å²) in [5.74, 6) is 0. The van der Waals surface area contributed by atoms with Crippen LogP contribution in [-0.2, 0) is 0 Å². The van der Waals surface area contributed by atoms with Crippen LogP contribution in [0.1, 0.15) is 104 Å². The first-order chi connectivity index (χ1) is 9.81. The molecule has 0 saturated heterocycles. The molecule has 1 N–H and O–H groups in total. The van der Waals surface area contributed by atoms with E-state index in [-0.39, 0.29) is 0 Å². The van der Waals surface area contributed by atoms with Gasteiger partial charge in [0.15, 0.2) is 0 Å². The normalized spacial score (nSPS) is 12.8. The van der Waals surface area contributed by atoms with Gasteiger partial charge in [-0.1, -0.05) is 84.0 Å². The van der Waals surface area contributed by atoms with Crippen LogP contribution in [0.2, 0.25) is 0 Å². The molecule has 0 aliphatic carbocycles. The summed E-state index contributed by atoms with van der Waals surface area (Å²) in [5, 5.41) is 0. The summed E-state index contributed by atoms with van der Waals surface area (Å²) in [6, 6.07) is 0. The number of hydrogen-bond donors (Lipinski definition) is 1. The van der Waals surface area contributed by atoms with Crippen molar-refractivity contribution < 1.29 is 4.90 Å². The van der Waals surface area contributed by atoms with Crippen LogP contribution in [0.25, 0.3) is 0 Å². The lowest BCUT2D eigenvalue weighted by molar-refractivity contribution is -0.877. The number of quaternary nitrogens is 1. The Labute approximate surface area is 129 Å². The van der Waals surface area contributed by atoms with Crippen molar-refractivity contribution in [3.8, 4) is 0 Å². The molecule has 0 aromatic heterocycles. The number of unbranched alkanes of at least 4 members (excludes halogenated alkanes) is 13. The Bertz CT molecular complexity index is 167. The first-order valence-electron chi connectivity index (χ1n) is 9.62. The molecule has 0 fully saturated rings. The van der Waals surface area contributed by atoms with Gasteiger partial charge in [0.25, 0.3) is 0 Å². The van der Waals surface area contributed by atoms with Crippen molar-refractivity contribution >= 4 is 0 Å². The average molecular weight is 285 g/mol. The number of rotatable bonds is 16. The quantitative estimate of drug-likeness (QED) is 0.380. The number of hydrogen-bond acceptors (Lipinski definition) is 0. The Hall–Kier alpha value is -0.0400. The highest BCUT2D eigenvalue weighted by atomic mass is 15.1. The second-order valence-corrected chi connectivity index (χ2v) is 6.66. The maximum atomic E-state index is 2.31. The van der Waals surface area contributed by atoms with Gasteiger partial charge in [-0.15, -0.1) is 0 Å². The molecule has 1 heteroatoms. The van der Waals surface area contributed by atoms with Gasteiger partial charge in [-0.2, -0.15) is 0 Å². The third-order valence-electron chi connectivity index (χ3n) is 4.56. The predicted octanol–water partition coefficient (Wildman–Crippen LogP) is 5.00. The SMILES string of the molecule is CCCCCCCCCCCCCCCC[NH+](C)CC. The van der Waals surface area contributed by atoms with Gasteiger partial charge in [0.1, 0.15) is 0 Å². The van der Waals surface area contributed by atoms with Crippen molar-refractivity contribution in [3.05, 3.63) is 0 Å². The first kappa shape index (κ1) is 20.0. The summed E-state index contributed by atoms with van der Waals surface area (Å²) in [6.07, 6.45) is 20.5. The molecule has 0 rings (SSSR count). The van der Waals surface area contributed by atoms with E-state index in [1.165, 1.54) is 103 Å². The maximum absolute atomic E-state index is 2.31. The first-order valence-corrected chi connectivity index (χ1v) is 9.62. The summed E-state index contributed by atoms with van der Waals surface area (Å²) in [6.45, 7) is 7.22. The van der Waals surface area contributed by atoms with E-state index < -0.39 is 0 Å². The molecule has 20 heavy (non-hydrogen) atoms. The van der Waals surface area contributed by atoms with Gasteiger partial charge < -0.3 is 4.90 Å². The van der Waals surface area contributed by atoms with Crippen LogP contribution >= 0.6 is 0 Å². The van der Waals surface area contributed by atoms with Crippen LogP contribution in [0.4, 0.5) is 0 Å². The molecule has 1 nitrogen and oxygen atoms in total. The number of nitrogens with one attached hydrogen (secondary N) is 1. The Morgan fingerprint density at radius 2 is 0.850 bits per heavy atom. The molecule has 0 aromatic rings. The topological polar surface area (TPSA) is 4.44 Å². The molecule has 122 valence electrons. The standard InChI is InChI=1S/C19H41N/c1-4-6-7-8-9-10-11-12-13-14-15-16-17-18-19-20(3)5-2/h4-19H2,1-3H3/p+1. The summed E-state index contributed by atoms with van der Waals surface area (Å²) in [7, 11) is 2.31. The van der Waals surface area contributed by atoms with Crippen molar-refractivity contribution in [2.24, 2.45) is 0 Å². The second-order valence-electron chi connectivity index (χ2n) is 6.66. The molecule has 0 heterocycles. The van der Waals surface area contributed by atoms with Crippen molar-refractivity contribution in [3.63, 3.8) is 0 Å². The second kappa shape index (κ2) is 17.0. The Morgan fingerprint density at radius 3 is 1.20 bits per heavy atom.